The lowest BCUT2D eigenvalue weighted by Crippen LogP contribution is -2.28. The van der Waals surface area contributed by atoms with Gasteiger partial charge in [0.05, 0.1) is 12.7 Å². The van der Waals surface area contributed by atoms with E-state index < -0.39 is 24.1 Å². The number of aromatic nitrogens is 2. The summed E-state index contributed by atoms with van der Waals surface area (Å²) >= 11 is 0. The van der Waals surface area contributed by atoms with Crippen molar-refractivity contribution in [3.8, 4) is 0 Å². The second-order valence-electron chi connectivity index (χ2n) is 5.26. The molecular weight excluding hydrogens is 274 g/mol. The van der Waals surface area contributed by atoms with Gasteiger partial charge in [-0.25, -0.2) is 4.79 Å². The van der Waals surface area contributed by atoms with Gasteiger partial charge >= 0.3 is 5.69 Å². The molecule has 1 aliphatic rings. The largest absolute Gasteiger partial charge is 0.390 e. The molecule has 0 amide bonds. The summed E-state index contributed by atoms with van der Waals surface area (Å²) in [7, 11) is 0. The highest BCUT2D eigenvalue weighted by atomic mass is 16.6. The van der Waals surface area contributed by atoms with Gasteiger partial charge in [0, 0.05) is 19.2 Å². The van der Waals surface area contributed by atoms with Gasteiger partial charge in [-0.05, 0) is 12.5 Å². The average molecular weight is 297 g/mol. The summed E-state index contributed by atoms with van der Waals surface area (Å²) in [5.41, 5.74) is 4.98. The second-order valence-corrected chi connectivity index (χ2v) is 5.26. The Morgan fingerprint density at radius 1 is 1.57 bits per heavy atom. The van der Waals surface area contributed by atoms with Crippen LogP contribution in [0.5, 0.6) is 0 Å². The summed E-state index contributed by atoms with van der Waals surface area (Å²) in [6.07, 6.45) is 3.56. The topological polar surface area (TPSA) is 99.6 Å². The molecule has 3 atom stereocenters. The summed E-state index contributed by atoms with van der Waals surface area (Å²) in [5, 5.41) is 10.0. The van der Waals surface area contributed by atoms with Crippen molar-refractivity contribution in [3.05, 3.63) is 22.7 Å². The first-order chi connectivity index (χ1) is 10.1. The van der Waals surface area contributed by atoms with Crippen LogP contribution in [0.15, 0.2) is 17.1 Å². The summed E-state index contributed by atoms with van der Waals surface area (Å²) in [4.78, 5) is 15.4. The molecule has 118 valence electrons. The van der Waals surface area contributed by atoms with E-state index in [1.165, 1.54) is 16.8 Å². The Bertz CT molecular complexity index is 505. The van der Waals surface area contributed by atoms with E-state index in [2.05, 4.69) is 11.9 Å². The van der Waals surface area contributed by atoms with Crippen LogP contribution < -0.4 is 11.4 Å². The molecule has 2 heterocycles. The van der Waals surface area contributed by atoms with Crippen LogP contribution in [-0.2, 0) is 9.47 Å². The van der Waals surface area contributed by atoms with Crippen LogP contribution in [0.4, 0.5) is 5.82 Å². The van der Waals surface area contributed by atoms with E-state index in [-0.39, 0.29) is 5.82 Å². The molecule has 0 unspecified atom stereocenters. The van der Waals surface area contributed by atoms with Gasteiger partial charge in [0.1, 0.15) is 18.1 Å². The van der Waals surface area contributed by atoms with Crippen LogP contribution in [0.3, 0.4) is 0 Å². The smallest absolute Gasteiger partial charge is 0.351 e. The van der Waals surface area contributed by atoms with E-state index in [0.29, 0.717) is 19.6 Å². The number of hydrogen-bond acceptors (Lipinski definition) is 6. The Balaban J connectivity index is 1.87. The molecule has 1 aromatic heterocycles. The minimum absolute atomic E-state index is 0.172. The third kappa shape index (κ3) is 4.26. The van der Waals surface area contributed by atoms with Gasteiger partial charge in [0.15, 0.2) is 0 Å². The van der Waals surface area contributed by atoms with Gasteiger partial charge in [-0.15, -0.1) is 0 Å². The fraction of sp³-hybridized carbons (Fsp3) is 0.714. The molecule has 1 fully saturated rings. The number of rotatable bonds is 7. The fourth-order valence-corrected chi connectivity index (χ4v) is 2.33. The van der Waals surface area contributed by atoms with Gasteiger partial charge in [-0.3, -0.25) is 4.57 Å². The van der Waals surface area contributed by atoms with E-state index in [0.717, 1.165) is 19.3 Å². The predicted molar refractivity (Wildman–Crippen MR) is 77.8 cm³/mol. The maximum absolute atomic E-state index is 11.8. The summed E-state index contributed by atoms with van der Waals surface area (Å²) in [6, 6.07) is 1.53. The van der Waals surface area contributed by atoms with Gasteiger partial charge < -0.3 is 20.3 Å². The zero-order valence-corrected chi connectivity index (χ0v) is 12.3. The Kier molecular flexibility index (Phi) is 5.72. The highest BCUT2D eigenvalue weighted by molar-refractivity contribution is 5.23. The molecule has 7 nitrogen and oxygen atoms in total. The molecule has 0 saturated carbocycles. The zero-order chi connectivity index (χ0) is 15.2. The van der Waals surface area contributed by atoms with E-state index in [4.69, 9.17) is 15.2 Å². The molecule has 2 rings (SSSR count). The van der Waals surface area contributed by atoms with E-state index >= 15 is 0 Å². The zero-order valence-electron chi connectivity index (χ0n) is 12.3. The lowest BCUT2D eigenvalue weighted by atomic mass is 10.2. The molecule has 0 radical (unpaired) electrons. The number of nitrogens with two attached hydrogens (primary N) is 1. The fourth-order valence-electron chi connectivity index (χ4n) is 2.33. The molecule has 7 heteroatoms. The van der Waals surface area contributed by atoms with Crippen molar-refractivity contribution in [2.45, 2.75) is 51.0 Å². The Morgan fingerprint density at radius 2 is 2.38 bits per heavy atom. The molecule has 0 aromatic carbocycles. The van der Waals surface area contributed by atoms with Gasteiger partial charge in [-0.1, -0.05) is 19.8 Å². The molecular formula is C14H23N3O4. The molecule has 1 aliphatic heterocycles. The van der Waals surface area contributed by atoms with Gasteiger partial charge in [0.25, 0.3) is 0 Å². The normalized spacial score (nSPS) is 25.3. The molecule has 0 spiro atoms. The molecule has 1 saturated heterocycles. The first-order valence-electron chi connectivity index (χ1n) is 7.37. The van der Waals surface area contributed by atoms with Crippen LogP contribution in [0, 0.1) is 0 Å². The number of aliphatic hydroxyl groups excluding tert-OH is 1. The number of nitrogen functional groups attached to an aromatic ring is 1. The van der Waals surface area contributed by atoms with Crippen molar-refractivity contribution in [2.75, 3.05) is 18.9 Å². The third-order valence-corrected chi connectivity index (χ3v) is 3.54. The standard InChI is InChI=1S/C14H23N3O4/c1-2-3-4-7-20-9-11-10(18)8-13(21-11)17-6-5-12(15)16-14(17)19/h5-6,10-11,13,18H,2-4,7-9H2,1H3,(H2,15,16,19)/t10-,11+,13+/m0/s1. The summed E-state index contributed by atoms with van der Waals surface area (Å²) in [5.74, 6) is 0.172. The van der Waals surface area contributed by atoms with Crippen LogP contribution in [-0.4, -0.2) is 40.1 Å². The van der Waals surface area contributed by atoms with Crippen molar-refractivity contribution in [2.24, 2.45) is 0 Å². The Labute approximate surface area is 123 Å². The SMILES string of the molecule is CCCCCOC[C@H]1O[C@@H](n2ccc(N)nc2=O)C[C@@H]1O. The number of ether oxygens (including phenoxy) is 2. The van der Waals surface area contributed by atoms with Gasteiger partial charge in [0.2, 0.25) is 0 Å². The Morgan fingerprint density at radius 3 is 3.10 bits per heavy atom. The summed E-state index contributed by atoms with van der Waals surface area (Å²) < 4.78 is 12.6. The maximum atomic E-state index is 11.8. The van der Waals surface area contributed by atoms with Crippen molar-refractivity contribution >= 4 is 5.82 Å². The predicted octanol–water partition coefficient (Wildman–Crippen LogP) is 0.681. The number of nitrogens with zero attached hydrogens (tertiary/aromatic N) is 2. The number of hydrogen-bond donors (Lipinski definition) is 2. The monoisotopic (exact) mass is 297 g/mol. The molecule has 1 aromatic rings. The molecule has 21 heavy (non-hydrogen) atoms. The number of anilines is 1. The van der Waals surface area contributed by atoms with Crippen LogP contribution in [0.25, 0.3) is 0 Å². The highest BCUT2D eigenvalue weighted by Gasteiger charge is 2.35. The number of aliphatic hydroxyl groups is 1. The molecule has 0 aliphatic carbocycles. The second kappa shape index (κ2) is 7.53. The van der Waals surface area contributed by atoms with E-state index in [1.54, 1.807) is 0 Å². The van der Waals surface area contributed by atoms with E-state index in [1.807, 2.05) is 0 Å². The van der Waals surface area contributed by atoms with Crippen molar-refractivity contribution in [3.63, 3.8) is 0 Å². The highest BCUT2D eigenvalue weighted by Crippen LogP contribution is 2.27. The summed E-state index contributed by atoms with van der Waals surface area (Å²) in [6.45, 7) is 3.12. The maximum Gasteiger partial charge on any atom is 0.351 e. The minimum atomic E-state index is -0.648. The average Bonchev–Trinajstić information content (AvgIpc) is 2.80. The number of unbranched alkanes of at least 4 members (excludes halogenated alkanes) is 2. The van der Waals surface area contributed by atoms with Gasteiger partial charge in [-0.2, -0.15) is 4.98 Å². The van der Waals surface area contributed by atoms with Crippen molar-refractivity contribution in [1.29, 1.82) is 0 Å². The molecule has 0 bridgehead atoms. The van der Waals surface area contributed by atoms with Crippen LogP contribution in [0.1, 0.15) is 38.8 Å². The van der Waals surface area contributed by atoms with Crippen LogP contribution in [0.2, 0.25) is 0 Å². The lowest BCUT2D eigenvalue weighted by molar-refractivity contribution is -0.0637. The first-order valence-corrected chi connectivity index (χ1v) is 7.37. The van der Waals surface area contributed by atoms with Crippen molar-refractivity contribution < 1.29 is 14.6 Å². The quantitative estimate of drug-likeness (QED) is 0.718. The third-order valence-electron chi connectivity index (χ3n) is 3.54. The van der Waals surface area contributed by atoms with E-state index in [9.17, 15) is 9.90 Å². The van der Waals surface area contributed by atoms with Crippen LogP contribution >= 0.6 is 0 Å². The minimum Gasteiger partial charge on any atom is -0.390 e. The lowest BCUT2D eigenvalue weighted by Gasteiger charge is -2.16. The first kappa shape index (κ1) is 15.9. The Hall–Kier alpha value is -1.44. The van der Waals surface area contributed by atoms with Crippen molar-refractivity contribution in [1.82, 2.24) is 9.55 Å². The molecule has 3 N–H and O–H groups in total.